The molecule has 13 heavy (non-hydrogen) atoms. The molecule has 0 radical (unpaired) electrons. The second-order valence-electron chi connectivity index (χ2n) is 1.76. The Kier molecular flexibility index (Phi) is 2.78. The zero-order valence-electron chi connectivity index (χ0n) is 5.69. The Bertz CT molecular complexity index is 323. The maximum Gasteiger partial charge on any atom is 0.471 e. The summed E-state index contributed by atoms with van der Waals surface area (Å²) in [4.78, 5) is 0. The molecule has 76 valence electrons. The van der Waals surface area contributed by atoms with Gasteiger partial charge in [-0.25, -0.2) is 4.72 Å². The minimum atomic E-state index is -6.20. The molecule has 0 aromatic rings. The van der Waals surface area contributed by atoms with Crippen LogP contribution in [0.25, 0.3) is 0 Å². The van der Waals surface area contributed by atoms with Gasteiger partial charge >= 0.3 is 21.5 Å². The third kappa shape index (κ3) is 2.00. The summed E-state index contributed by atoms with van der Waals surface area (Å²) in [5.41, 5.74) is 0. The van der Waals surface area contributed by atoms with Crippen molar-refractivity contribution in [3.8, 4) is 12.5 Å². The maximum atomic E-state index is 12.0. The van der Waals surface area contributed by atoms with Gasteiger partial charge in [-0.1, -0.05) is 6.42 Å². The third-order valence-electron chi connectivity index (χ3n) is 0.861. The molecule has 0 aromatic carbocycles. The Morgan fingerprint density at radius 2 is 1.54 bits per heavy atom. The number of terminal acetylenes is 1. The van der Waals surface area contributed by atoms with E-state index < -0.39 is 21.5 Å². The van der Waals surface area contributed by atoms with Crippen LogP contribution in [0.15, 0.2) is 0 Å². The molecule has 0 saturated carbocycles. The summed E-state index contributed by atoms with van der Waals surface area (Å²) in [7, 11) is -5.91. The van der Waals surface area contributed by atoms with Crippen molar-refractivity contribution in [2.75, 3.05) is 0 Å². The highest BCUT2D eigenvalue weighted by Gasteiger charge is 2.67. The minimum absolute atomic E-state index is 0.599. The largest absolute Gasteiger partial charge is 0.471 e. The van der Waals surface area contributed by atoms with Gasteiger partial charge in [-0.2, -0.15) is 30.4 Å². The van der Waals surface area contributed by atoms with E-state index in [-0.39, 0.29) is 0 Å². The summed E-state index contributed by atoms with van der Waals surface area (Å²) in [6.45, 7) is 0. The third-order valence-corrected chi connectivity index (χ3v) is 2.15. The predicted octanol–water partition coefficient (Wildman–Crippen LogP) is 0.652. The molecule has 9 heteroatoms. The fourth-order valence-electron chi connectivity index (χ4n) is 0.294. The second-order valence-corrected chi connectivity index (χ2v) is 3.49. The molecule has 0 atom stereocenters. The van der Waals surface area contributed by atoms with E-state index in [2.05, 4.69) is 6.42 Å². The SMILES string of the molecule is C#CNS(=O)(=O)C(F)(F)C(F)(F)F. The first-order chi connectivity index (χ1) is 5.56. The molecule has 0 aliphatic carbocycles. The van der Waals surface area contributed by atoms with Crippen LogP contribution in [0.1, 0.15) is 0 Å². The highest BCUT2D eigenvalue weighted by Crippen LogP contribution is 2.38. The van der Waals surface area contributed by atoms with Gasteiger partial charge in [0.05, 0.1) is 0 Å². The van der Waals surface area contributed by atoms with Crippen molar-refractivity contribution < 1.29 is 30.4 Å². The van der Waals surface area contributed by atoms with Gasteiger partial charge in [0.2, 0.25) is 0 Å². The van der Waals surface area contributed by atoms with Gasteiger partial charge < -0.3 is 0 Å². The molecule has 0 spiro atoms. The van der Waals surface area contributed by atoms with E-state index in [0.717, 1.165) is 6.04 Å². The van der Waals surface area contributed by atoms with Crippen LogP contribution in [0.5, 0.6) is 0 Å². The maximum absolute atomic E-state index is 12.0. The van der Waals surface area contributed by atoms with Crippen molar-refractivity contribution in [1.82, 2.24) is 4.72 Å². The zero-order valence-corrected chi connectivity index (χ0v) is 6.51. The Morgan fingerprint density at radius 1 is 1.15 bits per heavy atom. The van der Waals surface area contributed by atoms with Crippen LogP contribution in [0.3, 0.4) is 0 Å². The molecule has 0 unspecified atom stereocenters. The molecule has 0 rings (SSSR count). The molecule has 0 aliphatic heterocycles. The van der Waals surface area contributed by atoms with Gasteiger partial charge in [-0.05, 0) is 0 Å². The zero-order chi connectivity index (χ0) is 10.9. The smallest absolute Gasteiger partial charge is 0.237 e. The molecular weight excluding hydrogens is 221 g/mol. The molecule has 0 fully saturated rings. The Balaban J connectivity index is 5.21. The number of hydrogen-bond donors (Lipinski definition) is 1. The van der Waals surface area contributed by atoms with Crippen LogP contribution >= 0.6 is 0 Å². The van der Waals surface area contributed by atoms with Gasteiger partial charge in [0.25, 0.3) is 0 Å². The average molecular weight is 223 g/mol. The average Bonchev–Trinajstić information content (AvgIpc) is 1.84. The fraction of sp³-hybridized carbons (Fsp3) is 0.500. The molecule has 0 saturated heterocycles. The van der Waals surface area contributed by atoms with Crippen LogP contribution in [0.2, 0.25) is 0 Å². The molecule has 0 aliphatic rings. The van der Waals surface area contributed by atoms with Gasteiger partial charge in [-0.3, -0.25) is 0 Å². The lowest BCUT2D eigenvalue weighted by Gasteiger charge is -2.18. The molecule has 1 N–H and O–H groups in total. The number of sulfonamides is 1. The Hall–Kier alpha value is -1.04. The van der Waals surface area contributed by atoms with Gasteiger partial charge in [0, 0.05) is 6.04 Å². The van der Waals surface area contributed by atoms with E-state index in [1.54, 1.807) is 0 Å². The Morgan fingerprint density at radius 3 is 1.77 bits per heavy atom. The van der Waals surface area contributed by atoms with E-state index in [1.807, 2.05) is 0 Å². The monoisotopic (exact) mass is 223 g/mol. The molecule has 0 bridgehead atoms. The van der Waals surface area contributed by atoms with Crippen molar-refractivity contribution in [1.29, 1.82) is 0 Å². The number of hydrogen-bond acceptors (Lipinski definition) is 2. The fourth-order valence-corrected chi connectivity index (χ4v) is 0.882. The van der Waals surface area contributed by atoms with E-state index in [4.69, 9.17) is 0 Å². The Labute approximate surface area is 70.0 Å². The van der Waals surface area contributed by atoms with E-state index in [0.29, 0.717) is 4.72 Å². The summed E-state index contributed by atoms with van der Waals surface area (Å²) >= 11 is 0. The van der Waals surface area contributed by atoms with Crippen LogP contribution in [0.4, 0.5) is 22.0 Å². The van der Waals surface area contributed by atoms with E-state index >= 15 is 0 Å². The predicted molar refractivity (Wildman–Crippen MR) is 31.9 cm³/mol. The highest BCUT2D eigenvalue weighted by molar-refractivity contribution is 7.90. The normalized spacial score (nSPS) is 13.5. The number of halogens is 5. The van der Waals surface area contributed by atoms with Gasteiger partial charge in [0.1, 0.15) is 0 Å². The molecular formula is C4H2F5NO2S. The van der Waals surface area contributed by atoms with Crippen LogP contribution in [-0.4, -0.2) is 19.8 Å². The minimum Gasteiger partial charge on any atom is -0.237 e. The van der Waals surface area contributed by atoms with Crippen molar-refractivity contribution in [2.24, 2.45) is 0 Å². The number of alkyl halides is 5. The van der Waals surface area contributed by atoms with Gasteiger partial charge in [0.15, 0.2) is 0 Å². The molecule has 0 amide bonds. The quantitative estimate of drug-likeness (QED) is 0.424. The lowest BCUT2D eigenvalue weighted by atomic mass is 10.7. The number of nitrogens with one attached hydrogen (secondary N) is 1. The van der Waals surface area contributed by atoms with Crippen LogP contribution in [-0.2, 0) is 10.0 Å². The summed E-state index contributed by atoms with van der Waals surface area (Å²) in [6.07, 6.45) is -1.99. The van der Waals surface area contributed by atoms with Crippen molar-refractivity contribution >= 4 is 10.0 Å². The van der Waals surface area contributed by atoms with Crippen molar-refractivity contribution in [2.45, 2.75) is 11.4 Å². The van der Waals surface area contributed by atoms with Gasteiger partial charge in [-0.15, -0.1) is 0 Å². The topological polar surface area (TPSA) is 46.2 Å². The van der Waals surface area contributed by atoms with E-state index in [1.165, 1.54) is 0 Å². The second kappa shape index (κ2) is 3.02. The van der Waals surface area contributed by atoms with Crippen molar-refractivity contribution in [3.05, 3.63) is 0 Å². The van der Waals surface area contributed by atoms with Crippen molar-refractivity contribution in [3.63, 3.8) is 0 Å². The van der Waals surface area contributed by atoms with E-state index in [9.17, 15) is 30.4 Å². The summed E-state index contributed by atoms with van der Waals surface area (Å²) in [5.74, 6) is 0. The highest BCUT2D eigenvalue weighted by atomic mass is 32.2. The van der Waals surface area contributed by atoms with Crippen LogP contribution < -0.4 is 4.72 Å². The lowest BCUT2D eigenvalue weighted by molar-refractivity contribution is -0.241. The molecule has 3 nitrogen and oxygen atoms in total. The lowest BCUT2D eigenvalue weighted by Crippen LogP contribution is -2.48. The first-order valence-electron chi connectivity index (χ1n) is 2.48. The summed E-state index contributed by atoms with van der Waals surface area (Å²) in [6, 6.07) is 0.968. The summed E-state index contributed by atoms with van der Waals surface area (Å²) < 4.78 is 79.2. The van der Waals surface area contributed by atoms with Crippen LogP contribution in [0, 0.1) is 12.5 Å². The molecule has 0 aromatic heterocycles. The summed E-state index contributed by atoms with van der Waals surface area (Å²) in [5, 5.41) is -5.90. The standard InChI is InChI=1S/C4H2F5NO2S/c1-2-10-13(11,12)4(8,9)3(5,6)7/h1,10H. The number of rotatable bonds is 2. The molecule has 0 heterocycles. The first-order valence-corrected chi connectivity index (χ1v) is 3.96. The first kappa shape index (κ1) is 12.0.